The Balaban J connectivity index is 1.49. The van der Waals surface area contributed by atoms with E-state index in [9.17, 15) is 14.7 Å². The van der Waals surface area contributed by atoms with Crippen molar-refractivity contribution < 1.29 is 14.7 Å². The van der Waals surface area contributed by atoms with E-state index in [1.807, 2.05) is 42.1 Å². The first kappa shape index (κ1) is 26.5. The number of benzene rings is 3. The van der Waals surface area contributed by atoms with Crippen LogP contribution in [0, 0.1) is 0 Å². The van der Waals surface area contributed by atoms with Crippen LogP contribution in [0.1, 0.15) is 31.1 Å². The number of rotatable bonds is 8. The number of nitrogens with zero attached hydrogens (tertiary/aromatic N) is 3. The number of fused-ring (bicyclic) bond motifs is 2. The smallest absolute Gasteiger partial charge is 0.150 e. The van der Waals surface area contributed by atoms with Crippen molar-refractivity contribution in [3.63, 3.8) is 0 Å². The Labute approximate surface area is 236 Å². The molecule has 2 aliphatic rings. The third-order valence-electron chi connectivity index (χ3n) is 6.76. The number of aldehydes is 1. The Morgan fingerprint density at radius 3 is 2.39 bits per heavy atom. The molecule has 0 fully saturated rings. The fraction of sp³-hybridized carbons (Fsp3) is 0.241. The van der Waals surface area contributed by atoms with E-state index in [1.165, 1.54) is 4.90 Å². The number of aliphatic carboxylic acids is 1. The van der Waals surface area contributed by atoms with E-state index < -0.39 is 12.0 Å². The molecule has 2 unspecified atom stereocenters. The summed E-state index contributed by atoms with van der Waals surface area (Å²) in [4.78, 5) is 31.8. The van der Waals surface area contributed by atoms with Gasteiger partial charge in [-0.25, -0.2) is 0 Å². The third-order valence-corrected chi connectivity index (χ3v) is 9.35. The fourth-order valence-electron chi connectivity index (χ4n) is 4.85. The molecule has 9 heteroatoms. The summed E-state index contributed by atoms with van der Waals surface area (Å²) >= 11 is 9.83. The summed E-state index contributed by atoms with van der Waals surface area (Å²) in [6.45, 7) is 7.50. The number of thioether (sulfide) groups is 2. The summed E-state index contributed by atoms with van der Waals surface area (Å²) in [6.07, 6.45) is 3.07. The molecule has 0 saturated carbocycles. The maximum absolute atomic E-state index is 11.9. The van der Waals surface area contributed by atoms with Crippen LogP contribution < -0.4 is 19.8 Å². The predicted molar refractivity (Wildman–Crippen MR) is 156 cm³/mol. The maximum atomic E-state index is 11.9. The van der Waals surface area contributed by atoms with Gasteiger partial charge in [-0.3, -0.25) is 4.79 Å². The van der Waals surface area contributed by atoms with Crippen molar-refractivity contribution in [1.82, 2.24) is 0 Å². The van der Waals surface area contributed by atoms with Crippen molar-refractivity contribution in [2.75, 3.05) is 27.8 Å². The van der Waals surface area contributed by atoms with Crippen LogP contribution in [0.5, 0.6) is 0 Å². The summed E-state index contributed by atoms with van der Waals surface area (Å²) < 4.78 is 0. The van der Waals surface area contributed by atoms with E-state index in [1.54, 1.807) is 47.9 Å². The number of hydrogen-bond acceptors (Lipinski definition) is 8. The van der Waals surface area contributed by atoms with Crippen molar-refractivity contribution in [2.45, 2.75) is 42.0 Å². The van der Waals surface area contributed by atoms with Crippen molar-refractivity contribution in [3.8, 4) is 0 Å². The lowest BCUT2D eigenvalue weighted by Crippen LogP contribution is -2.44. The molecule has 3 aromatic carbocycles. The van der Waals surface area contributed by atoms with E-state index in [4.69, 9.17) is 11.6 Å². The van der Waals surface area contributed by atoms with E-state index in [0.29, 0.717) is 11.3 Å². The van der Waals surface area contributed by atoms with Crippen LogP contribution in [-0.2, 0) is 4.79 Å². The molecule has 2 heterocycles. The Morgan fingerprint density at radius 1 is 1.03 bits per heavy atom. The molecule has 0 radical (unpaired) electrons. The maximum Gasteiger partial charge on any atom is 0.150 e. The molecular formula is C29H27ClN3O3S2-. The van der Waals surface area contributed by atoms with Gasteiger partial charge in [0.15, 0.2) is 0 Å². The average Bonchev–Trinajstić information content (AvgIpc) is 3.44. The lowest BCUT2D eigenvalue weighted by Gasteiger charge is -2.33. The lowest BCUT2D eigenvalue weighted by molar-refractivity contribution is -0.306. The van der Waals surface area contributed by atoms with Gasteiger partial charge in [-0.15, -0.1) is 0 Å². The van der Waals surface area contributed by atoms with Crippen LogP contribution in [0.4, 0.5) is 22.7 Å². The minimum absolute atomic E-state index is 0.143. The van der Waals surface area contributed by atoms with Gasteiger partial charge in [0.1, 0.15) is 11.7 Å². The number of hydrogen-bond donors (Lipinski definition) is 0. The third kappa shape index (κ3) is 4.88. The summed E-state index contributed by atoms with van der Waals surface area (Å²) in [6, 6.07) is 18.0. The number of anilines is 4. The van der Waals surface area contributed by atoms with E-state index in [2.05, 4.69) is 35.8 Å². The van der Waals surface area contributed by atoms with Crippen LogP contribution in [-0.4, -0.2) is 36.8 Å². The molecule has 0 spiro atoms. The summed E-state index contributed by atoms with van der Waals surface area (Å²) in [5, 5.41) is 14.0. The number of likely N-dealkylation sites (N-methyl/N-ethyl adjacent to an activating group) is 1. The molecule has 196 valence electrons. The second-order valence-corrected chi connectivity index (χ2v) is 11.6. The number of carboxylic acids is 1. The molecule has 3 aromatic rings. The van der Waals surface area contributed by atoms with Crippen molar-refractivity contribution in [3.05, 3.63) is 82.4 Å². The Bertz CT molecular complexity index is 1410. The van der Waals surface area contributed by atoms with E-state index in [0.717, 1.165) is 51.4 Å². The molecule has 0 amide bonds. The Morgan fingerprint density at radius 2 is 1.74 bits per heavy atom. The summed E-state index contributed by atoms with van der Waals surface area (Å²) in [5.41, 5.74) is 4.14. The van der Waals surface area contributed by atoms with Crippen LogP contribution >= 0.6 is 35.1 Å². The molecule has 38 heavy (non-hydrogen) atoms. The number of carbonyl (C=O) groups is 2. The topological polar surface area (TPSA) is 66.9 Å². The molecule has 2 atom stereocenters. The predicted octanol–water partition coefficient (Wildman–Crippen LogP) is 6.16. The highest BCUT2D eigenvalue weighted by atomic mass is 35.5. The molecule has 0 aliphatic carbocycles. The second-order valence-electron chi connectivity index (χ2n) is 8.98. The summed E-state index contributed by atoms with van der Waals surface area (Å²) in [7, 11) is 0. The van der Waals surface area contributed by atoms with Crippen LogP contribution in [0.2, 0.25) is 5.02 Å². The van der Waals surface area contributed by atoms with Gasteiger partial charge >= 0.3 is 0 Å². The number of carboxylic acid groups (broad SMARTS) is 1. The fourth-order valence-corrected chi connectivity index (χ4v) is 7.56. The van der Waals surface area contributed by atoms with Crippen LogP contribution in [0.25, 0.3) is 0 Å². The van der Waals surface area contributed by atoms with E-state index >= 15 is 0 Å². The molecule has 2 aliphatic heterocycles. The zero-order valence-corrected chi connectivity index (χ0v) is 23.6. The monoisotopic (exact) mass is 564 g/mol. The molecule has 5 rings (SSSR count). The molecule has 0 saturated heterocycles. The molecule has 6 nitrogen and oxygen atoms in total. The second kappa shape index (κ2) is 11.0. The van der Waals surface area contributed by atoms with Gasteiger partial charge in [-0.05, 0) is 87.5 Å². The van der Waals surface area contributed by atoms with Crippen molar-refractivity contribution in [1.29, 1.82) is 0 Å². The van der Waals surface area contributed by atoms with Gasteiger partial charge in [0.25, 0.3) is 0 Å². The number of halogens is 1. The highest BCUT2D eigenvalue weighted by Gasteiger charge is 2.32. The SMILES string of the molecule is CCN1/C(=C/C2Sc3ccc(Cl)cc3N2CC)Sc2ccc(N(c3ccc(C=O)cc3)C(C)C(=O)[O-])cc21. The first-order valence-corrected chi connectivity index (χ1v) is 14.5. The normalized spacial score (nSPS) is 17.9. The quantitative estimate of drug-likeness (QED) is 0.301. The largest absolute Gasteiger partial charge is 0.548 e. The number of carbonyl (C=O) groups excluding carboxylic acids is 2. The van der Waals surface area contributed by atoms with Gasteiger partial charge in [-0.1, -0.05) is 35.1 Å². The lowest BCUT2D eigenvalue weighted by atomic mass is 10.1. The highest BCUT2D eigenvalue weighted by Crippen LogP contribution is 2.51. The van der Waals surface area contributed by atoms with Gasteiger partial charge in [-0.2, -0.15) is 0 Å². The molecule has 0 bridgehead atoms. The zero-order valence-electron chi connectivity index (χ0n) is 21.3. The van der Waals surface area contributed by atoms with Crippen LogP contribution in [0.15, 0.2) is 81.6 Å². The highest BCUT2D eigenvalue weighted by molar-refractivity contribution is 8.04. The first-order valence-electron chi connectivity index (χ1n) is 12.4. The summed E-state index contributed by atoms with van der Waals surface area (Å²) in [5.74, 6) is -1.18. The van der Waals surface area contributed by atoms with Gasteiger partial charge in [0.05, 0.1) is 28.4 Å². The van der Waals surface area contributed by atoms with Crippen molar-refractivity contribution >= 4 is 70.1 Å². The minimum Gasteiger partial charge on any atom is -0.548 e. The van der Waals surface area contributed by atoms with Gasteiger partial charge < -0.3 is 24.6 Å². The molecular weight excluding hydrogens is 538 g/mol. The van der Waals surface area contributed by atoms with Gasteiger partial charge in [0, 0.05) is 44.8 Å². The van der Waals surface area contributed by atoms with Gasteiger partial charge in [0.2, 0.25) is 0 Å². The Hall–Kier alpha value is -3.07. The van der Waals surface area contributed by atoms with E-state index in [-0.39, 0.29) is 5.37 Å². The standard InChI is InChI=1S/C29H28ClN3O3S2/c1-4-31-23-14-20(30)8-12-25(23)37-27(31)16-28-32(5-2)24-15-22(11-13-26(24)38-28)33(18(3)29(35)36)21-9-6-19(17-34)7-10-21/h6-18,27H,4-5H2,1-3H3,(H,35,36)/p-1/b28-16-. The molecule has 0 aromatic heterocycles. The van der Waals surface area contributed by atoms with Crippen molar-refractivity contribution in [2.24, 2.45) is 0 Å². The minimum atomic E-state index is -1.18. The molecule has 0 N–H and O–H groups in total. The van der Waals surface area contributed by atoms with Crippen LogP contribution in [0.3, 0.4) is 0 Å². The first-order chi connectivity index (χ1) is 18.3. The zero-order chi connectivity index (χ0) is 27.0. The average molecular weight is 565 g/mol. The Kier molecular flexibility index (Phi) is 7.66.